The third-order valence-corrected chi connectivity index (χ3v) is 5.16. The SMILES string of the molecule is CCC(C)Sc1ncc(CN(C)Cc2cccc(-c3nn[nH]n3)c2)cn1. The molecule has 0 amide bonds. The van der Waals surface area contributed by atoms with Gasteiger partial charge in [0, 0.05) is 41.9 Å². The highest BCUT2D eigenvalue weighted by Crippen LogP contribution is 2.21. The Kier molecular flexibility index (Phi) is 6.30. The average Bonchev–Trinajstić information content (AvgIpc) is 3.18. The number of aromatic nitrogens is 6. The average molecular weight is 369 g/mol. The molecule has 0 bridgehead atoms. The quantitative estimate of drug-likeness (QED) is 0.482. The first kappa shape index (κ1) is 18.5. The van der Waals surface area contributed by atoms with Gasteiger partial charge in [-0.3, -0.25) is 4.90 Å². The van der Waals surface area contributed by atoms with E-state index in [1.165, 1.54) is 5.56 Å². The van der Waals surface area contributed by atoms with Gasteiger partial charge in [0.2, 0.25) is 5.82 Å². The number of benzene rings is 1. The highest BCUT2D eigenvalue weighted by atomic mass is 32.2. The van der Waals surface area contributed by atoms with E-state index in [1.807, 2.05) is 24.5 Å². The summed E-state index contributed by atoms with van der Waals surface area (Å²) in [4.78, 5) is 11.2. The van der Waals surface area contributed by atoms with Crippen LogP contribution in [0, 0.1) is 0 Å². The molecule has 2 heterocycles. The number of aromatic amines is 1. The molecule has 0 fully saturated rings. The third kappa shape index (κ3) is 5.09. The van der Waals surface area contributed by atoms with Crippen molar-refractivity contribution >= 4 is 11.8 Å². The molecule has 3 rings (SSSR count). The number of nitrogens with zero attached hydrogens (tertiary/aromatic N) is 6. The van der Waals surface area contributed by atoms with Crippen LogP contribution < -0.4 is 0 Å². The van der Waals surface area contributed by atoms with Crippen molar-refractivity contribution in [1.29, 1.82) is 0 Å². The predicted octanol–water partition coefficient (Wildman–Crippen LogP) is 3.18. The molecule has 0 radical (unpaired) electrons. The van der Waals surface area contributed by atoms with Crippen LogP contribution in [0.25, 0.3) is 11.4 Å². The molecule has 7 nitrogen and oxygen atoms in total. The molecule has 0 spiro atoms. The van der Waals surface area contributed by atoms with Crippen LogP contribution in [-0.2, 0) is 13.1 Å². The number of nitrogens with one attached hydrogen (secondary N) is 1. The Bertz CT molecular complexity index is 805. The molecule has 1 atom stereocenters. The van der Waals surface area contributed by atoms with E-state index in [9.17, 15) is 0 Å². The first-order valence-corrected chi connectivity index (χ1v) is 9.51. The van der Waals surface area contributed by atoms with Crippen molar-refractivity contribution in [3.63, 3.8) is 0 Å². The molecule has 8 heteroatoms. The van der Waals surface area contributed by atoms with Gasteiger partial charge in [0.15, 0.2) is 5.16 Å². The molecule has 1 aromatic carbocycles. The summed E-state index contributed by atoms with van der Waals surface area (Å²) < 4.78 is 0. The molecule has 0 aliphatic rings. The van der Waals surface area contributed by atoms with Crippen molar-refractivity contribution in [3.05, 3.63) is 47.8 Å². The van der Waals surface area contributed by atoms with E-state index >= 15 is 0 Å². The lowest BCUT2D eigenvalue weighted by Crippen LogP contribution is -2.17. The summed E-state index contributed by atoms with van der Waals surface area (Å²) in [5, 5.41) is 15.5. The standard InChI is InChI=1S/C18H23N7S/c1-4-13(2)26-18-19-9-15(10-20-18)12-25(3)11-14-6-5-7-16(8-14)17-21-23-24-22-17/h5-10,13H,4,11-12H2,1-3H3,(H,21,22,23,24). The van der Waals surface area contributed by atoms with E-state index in [0.29, 0.717) is 11.1 Å². The maximum Gasteiger partial charge on any atom is 0.204 e. The van der Waals surface area contributed by atoms with Crippen LogP contribution in [0.3, 0.4) is 0 Å². The fraction of sp³-hybridized carbons (Fsp3) is 0.389. The summed E-state index contributed by atoms with van der Waals surface area (Å²) in [6.07, 6.45) is 4.95. The fourth-order valence-corrected chi connectivity index (χ4v) is 3.27. The Morgan fingerprint density at radius 1 is 1.15 bits per heavy atom. The number of H-pyrrole nitrogens is 1. The first-order chi connectivity index (χ1) is 12.6. The normalized spacial score (nSPS) is 12.5. The molecule has 136 valence electrons. The molecule has 0 saturated carbocycles. The van der Waals surface area contributed by atoms with Crippen molar-refractivity contribution in [2.45, 2.75) is 43.8 Å². The highest BCUT2D eigenvalue weighted by molar-refractivity contribution is 7.99. The second-order valence-electron chi connectivity index (χ2n) is 6.32. The van der Waals surface area contributed by atoms with Crippen LogP contribution in [0.4, 0.5) is 0 Å². The van der Waals surface area contributed by atoms with Crippen LogP contribution in [0.5, 0.6) is 0 Å². The van der Waals surface area contributed by atoms with Gasteiger partial charge in [-0.25, -0.2) is 9.97 Å². The van der Waals surface area contributed by atoms with Crippen LogP contribution >= 0.6 is 11.8 Å². The zero-order valence-corrected chi connectivity index (χ0v) is 16.1. The Morgan fingerprint density at radius 2 is 1.92 bits per heavy atom. The maximum atomic E-state index is 4.47. The minimum absolute atomic E-state index is 0.537. The molecule has 1 N–H and O–H groups in total. The largest absolute Gasteiger partial charge is 0.298 e. The summed E-state index contributed by atoms with van der Waals surface area (Å²) in [6, 6.07) is 8.18. The van der Waals surface area contributed by atoms with Crippen LogP contribution in [0.1, 0.15) is 31.4 Å². The number of hydrogen-bond donors (Lipinski definition) is 1. The van der Waals surface area contributed by atoms with Crippen molar-refractivity contribution in [2.75, 3.05) is 7.05 Å². The molecule has 0 aliphatic heterocycles. The molecule has 0 aliphatic carbocycles. The van der Waals surface area contributed by atoms with Gasteiger partial charge < -0.3 is 0 Å². The minimum Gasteiger partial charge on any atom is -0.298 e. The van der Waals surface area contributed by atoms with Gasteiger partial charge in [-0.15, -0.1) is 10.2 Å². The summed E-state index contributed by atoms with van der Waals surface area (Å²) in [5.41, 5.74) is 3.26. The molecule has 0 saturated heterocycles. The topological polar surface area (TPSA) is 83.5 Å². The Morgan fingerprint density at radius 3 is 2.62 bits per heavy atom. The van der Waals surface area contributed by atoms with E-state index in [0.717, 1.165) is 35.8 Å². The van der Waals surface area contributed by atoms with Crippen LogP contribution in [0.2, 0.25) is 0 Å². The molecule has 1 unspecified atom stereocenters. The van der Waals surface area contributed by atoms with Crippen LogP contribution in [-0.4, -0.2) is 47.8 Å². The van der Waals surface area contributed by atoms with E-state index in [1.54, 1.807) is 11.8 Å². The predicted molar refractivity (Wildman–Crippen MR) is 102 cm³/mol. The zero-order chi connectivity index (χ0) is 18.4. The summed E-state index contributed by atoms with van der Waals surface area (Å²) in [5.74, 6) is 0.609. The van der Waals surface area contributed by atoms with E-state index < -0.39 is 0 Å². The van der Waals surface area contributed by atoms with Gasteiger partial charge in [0.05, 0.1) is 0 Å². The zero-order valence-electron chi connectivity index (χ0n) is 15.3. The summed E-state index contributed by atoms with van der Waals surface area (Å²) in [7, 11) is 2.09. The highest BCUT2D eigenvalue weighted by Gasteiger charge is 2.08. The fourth-order valence-electron chi connectivity index (χ4n) is 2.52. The van der Waals surface area contributed by atoms with Crippen molar-refractivity contribution in [2.24, 2.45) is 0 Å². The van der Waals surface area contributed by atoms with Gasteiger partial charge in [-0.2, -0.15) is 5.21 Å². The Hall–Kier alpha value is -2.32. The summed E-state index contributed by atoms with van der Waals surface area (Å²) >= 11 is 1.72. The number of rotatable bonds is 8. The van der Waals surface area contributed by atoms with Gasteiger partial charge >= 0.3 is 0 Å². The van der Waals surface area contributed by atoms with E-state index in [2.05, 4.69) is 68.5 Å². The second-order valence-corrected chi connectivity index (χ2v) is 7.72. The molecular weight excluding hydrogens is 346 g/mol. The number of hydrogen-bond acceptors (Lipinski definition) is 7. The Balaban J connectivity index is 1.59. The van der Waals surface area contributed by atoms with Gasteiger partial charge in [0.1, 0.15) is 0 Å². The van der Waals surface area contributed by atoms with Crippen molar-refractivity contribution in [1.82, 2.24) is 35.5 Å². The molecule has 2 aromatic heterocycles. The minimum atomic E-state index is 0.537. The number of tetrazole rings is 1. The van der Waals surface area contributed by atoms with Crippen LogP contribution in [0.15, 0.2) is 41.8 Å². The molecule has 26 heavy (non-hydrogen) atoms. The monoisotopic (exact) mass is 369 g/mol. The van der Waals surface area contributed by atoms with E-state index in [-0.39, 0.29) is 0 Å². The lowest BCUT2D eigenvalue weighted by molar-refractivity contribution is 0.318. The lowest BCUT2D eigenvalue weighted by Gasteiger charge is -2.17. The van der Waals surface area contributed by atoms with Crippen molar-refractivity contribution in [3.8, 4) is 11.4 Å². The molecule has 3 aromatic rings. The first-order valence-electron chi connectivity index (χ1n) is 8.63. The number of thioether (sulfide) groups is 1. The second kappa shape index (κ2) is 8.86. The third-order valence-electron chi connectivity index (χ3n) is 4.00. The Labute approximate surface area is 157 Å². The van der Waals surface area contributed by atoms with Crippen molar-refractivity contribution < 1.29 is 0 Å². The van der Waals surface area contributed by atoms with Gasteiger partial charge in [-0.1, -0.05) is 43.8 Å². The van der Waals surface area contributed by atoms with Gasteiger partial charge in [-0.05, 0) is 30.3 Å². The lowest BCUT2D eigenvalue weighted by atomic mass is 10.1. The van der Waals surface area contributed by atoms with Gasteiger partial charge in [0.25, 0.3) is 0 Å². The molecular formula is C18H23N7S. The smallest absolute Gasteiger partial charge is 0.204 e. The summed E-state index contributed by atoms with van der Waals surface area (Å²) in [6.45, 7) is 5.98. The van der Waals surface area contributed by atoms with E-state index in [4.69, 9.17) is 0 Å². The maximum absolute atomic E-state index is 4.47.